The third-order valence-electron chi connectivity index (χ3n) is 6.54. The van der Waals surface area contributed by atoms with Crippen molar-refractivity contribution < 1.29 is 9.59 Å². The van der Waals surface area contributed by atoms with Gasteiger partial charge in [-0.3, -0.25) is 14.6 Å². The maximum atomic E-state index is 13.2. The Hall–Kier alpha value is -2.25. The fourth-order valence-corrected chi connectivity index (χ4v) is 5.11. The van der Waals surface area contributed by atoms with Crippen LogP contribution in [0.15, 0.2) is 53.3 Å². The Morgan fingerprint density at radius 2 is 1.87 bits per heavy atom. The molecule has 0 aliphatic carbocycles. The SMILES string of the molecule is CN(C(=O)C1CC(=O)N(c2ccccc2Br)C1)C1CCN(CCc2ccncc2)CC1. The summed E-state index contributed by atoms with van der Waals surface area (Å²) >= 11 is 3.52. The third kappa shape index (κ3) is 5.15. The summed E-state index contributed by atoms with van der Waals surface area (Å²) in [5.41, 5.74) is 2.15. The number of benzene rings is 1. The molecule has 31 heavy (non-hydrogen) atoms. The molecule has 2 saturated heterocycles. The second kappa shape index (κ2) is 9.92. The quantitative estimate of drug-likeness (QED) is 0.630. The zero-order chi connectivity index (χ0) is 21.8. The molecule has 164 valence electrons. The largest absolute Gasteiger partial charge is 0.342 e. The van der Waals surface area contributed by atoms with Crippen molar-refractivity contribution in [1.29, 1.82) is 0 Å². The van der Waals surface area contributed by atoms with Crippen LogP contribution in [0.1, 0.15) is 24.8 Å². The second-order valence-electron chi connectivity index (χ2n) is 8.48. The molecule has 3 heterocycles. The first-order chi connectivity index (χ1) is 15.0. The number of para-hydroxylation sites is 1. The van der Waals surface area contributed by atoms with Gasteiger partial charge in [-0.25, -0.2) is 0 Å². The van der Waals surface area contributed by atoms with Crippen LogP contribution in [0.5, 0.6) is 0 Å². The molecular formula is C24H29BrN4O2. The zero-order valence-corrected chi connectivity index (χ0v) is 19.5. The Kier molecular flexibility index (Phi) is 7.02. The number of nitrogens with zero attached hydrogens (tertiary/aromatic N) is 4. The van der Waals surface area contributed by atoms with E-state index in [4.69, 9.17) is 0 Å². The number of aromatic nitrogens is 1. The van der Waals surface area contributed by atoms with E-state index in [1.807, 2.05) is 48.6 Å². The molecule has 2 fully saturated rings. The third-order valence-corrected chi connectivity index (χ3v) is 7.21. The van der Waals surface area contributed by atoms with Gasteiger partial charge in [0, 0.05) is 62.6 Å². The lowest BCUT2D eigenvalue weighted by Crippen LogP contribution is -2.48. The van der Waals surface area contributed by atoms with Crippen molar-refractivity contribution in [1.82, 2.24) is 14.8 Å². The van der Waals surface area contributed by atoms with Crippen molar-refractivity contribution in [3.63, 3.8) is 0 Å². The van der Waals surface area contributed by atoms with Gasteiger partial charge in [0.05, 0.1) is 11.6 Å². The highest BCUT2D eigenvalue weighted by Crippen LogP contribution is 2.32. The second-order valence-corrected chi connectivity index (χ2v) is 9.34. The van der Waals surface area contributed by atoms with Crippen LogP contribution in [-0.4, -0.2) is 65.9 Å². The maximum absolute atomic E-state index is 13.2. The summed E-state index contributed by atoms with van der Waals surface area (Å²) in [6.07, 6.45) is 6.95. The fourth-order valence-electron chi connectivity index (χ4n) is 4.61. The summed E-state index contributed by atoms with van der Waals surface area (Å²) in [6, 6.07) is 12.1. The molecule has 0 N–H and O–H groups in total. The number of carbonyl (C=O) groups is 2. The monoisotopic (exact) mass is 484 g/mol. The smallest absolute Gasteiger partial charge is 0.228 e. The maximum Gasteiger partial charge on any atom is 0.228 e. The predicted molar refractivity (Wildman–Crippen MR) is 125 cm³/mol. The van der Waals surface area contributed by atoms with Gasteiger partial charge in [-0.2, -0.15) is 0 Å². The van der Waals surface area contributed by atoms with Gasteiger partial charge in [0.2, 0.25) is 11.8 Å². The molecule has 1 aromatic heterocycles. The molecule has 0 saturated carbocycles. The topological polar surface area (TPSA) is 56.8 Å². The number of carbonyl (C=O) groups excluding carboxylic acids is 2. The zero-order valence-electron chi connectivity index (χ0n) is 17.9. The number of pyridine rings is 1. The van der Waals surface area contributed by atoms with Gasteiger partial charge < -0.3 is 14.7 Å². The lowest BCUT2D eigenvalue weighted by molar-refractivity contribution is -0.137. The van der Waals surface area contributed by atoms with Crippen LogP contribution >= 0.6 is 15.9 Å². The Balaban J connectivity index is 1.28. The van der Waals surface area contributed by atoms with Gasteiger partial charge in [0.15, 0.2) is 0 Å². The summed E-state index contributed by atoms with van der Waals surface area (Å²) in [7, 11) is 1.91. The minimum atomic E-state index is -0.269. The number of halogens is 1. The molecule has 1 aromatic carbocycles. The van der Waals surface area contributed by atoms with Gasteiger partial charge >= 0.3 is 0 Å². The molecule has 4 rings (SSSR count). The van der Waals surface area contributed by atoms with Gasteiger partial charge in [-0.15, -0.1) is 0 Å². The van der Waals surface area contributed by atoms with E-state index in [9.17, 15) is 9.59 Å². The van der Waals surface area contributed by atoms with Crippen molar-refractivity contribution in [3.05, 3.63) is 58.8 Å². The van der Waals surface area contributed by atoms with Crippen molar-refractivity contribution in [2.24, 2.45) is 5.92 Å². The van der Waals surface area contributed by atoms with E-state index < -0.39 is 0 Å². The number of rotatable bonds is 6. The standard InChI is InChI=1S/C24H29BrN4O2/c1-27(20-9-14-28(15-10-20)13-8-18-6-11-26-12-7-18)24(31)19-16-23(30)29(17-19)22-5-3-2-4-21(22)25/h2-7,11-12,19-20H,8-10,13-17H2,1H3. The molecule has 0 spiro atoms. The number of anilines is 1. The van der Waals surface area contributed by atoms with Crippen LogP contribution in [0.3, 0.4) is 0 Å². The van der Waals surface area contributed by atoms with Crippen LogP contribution in [-0.2, 0) is 16.0 Å². The van der Waals surface area contributed by atoms with Crippen LogP contribution in [0.4, 0.5) is 5.69 Å². The minimum Gasteiger partial charge on any atom is -0.342 e. The van der Waals surface area contributed by atoms with Gasteiger partial charge in [0.1, 0.15) is 0 Å². The highest BCUT2D eigenvalue weighted by Gasteiger charge is 2.38. The van der Waals surface area contributed by atoms with Gasteiger partial charge in [-0.1, -0.05) is 12.1 Å². The molecule has 1 unspecified atom stereocenters. The fraction of sp³-hybridized carbons (Fsp3) is 0.458. The van der Waals surface area contributed by atoms with E-state index in [2.05, 4.69) is 37.9 Å². The molecule has 2 amide bonds. The summed E-state index contributed by atoms with van der Waals surface area (Å²) in [5.74, 6) is -0.156. The van der Waals surface area contributed by atoms with Crippen LogP contribution in [0.2, 0.25) is 0 Å². The predicted octanol–water partition coefficient (Wildman–Crippen LogP) is 3.36. The molecule has 6 nitrogen and oxygen atoms in total. The first kappa shape index (κ1) is 22.0. The van der Waals surface area contributed by atoms with E-state index in [0.717, 1.165) is 49.1 Å². The van der Waals surface area contributed by atoms with E-state index in [1.54, 1.807) is 4.90 Å². The van der Waals surface area contributed by atoms with Crippen molar-refractivity contribution in [2.45, 2.75) is 31.7 Å². The number of amides is 2. The Bertz CT molecular complexity index is 915. The normalized spacial score (nSPS) is 20.3. The summed E-state index contributed by atoms with van der Waals surface area (Å²) in [4.78, 5) is 35.9. The first-order valence-corrected chi connectivity index (χ1v) is 11.7. The van der Waals surface area contributed by atoms with Crippen LogP contribution in [0.25, 0.3) is 0 Å². The number of hydrogen-bond donors (Lipinski definition) is 0. The molecule has 2 aromatic rings. The molecule has 1 atom stereocenters. The number of likely N-dealkylation sites (tertiary alicyclic amines) is 1. The molecule has 0 bridgehead atoms. The first-order valence-electron chi connectivity index (χ1n) is 11.0. The van der Waals surface area contributed by atoms with Crippen molar-refractivity contribution in [2.75, 3.05) is 38.1 Å². The average Bonchev–Trinajstić information content (AvgIpc) is 3.19. The highest BCUT2D eigenvalue weighted by atomic mass is 79.9. The van der Waals surface area contributed by atoms with Crippen molar-refractivity contribution in [3.8, 4) is 0 Å². The summed E-state index contributed by atoms with van der Waals surface area (Å²) < 4.78 is 0.879. The van der Waals surface area contributed by atoms with Crippen LogP contribution < -0.4 is 4.90 Å². The summed E-state index contributed by atoms with van der Waals surface area (Å²) in [6.45, 7) is 3.49. The van der Waals surface area contributed by atoms with Gasteiger partial charge in [0.25, 0.3) is 0 Å². The lowest BCUT2D eigenvalue weighted by atomic mass is 10.00. The van der Waals surface area contributed by atoms with E-state index in [1.165, 1.54) is 5.56 Å². The van der Waals surface area contributed by atoms with Crippen molar-refractivity contribution >= 4 is 33.4 Å². The Morgan fingerprint density at radius 1 is 1.16 bits per heavy atom. The molecule has 7 heteroatoms. The lowest BCUT2D eigenvalue weighted by Gasteiger charge is -2.37. The molecule has 2 aliphatic heterocycles. The van der Waals surface area contributed by atoms with Crippen LogP contribution in [0, 0.1) is 5.92 Å². The number of piperidine rings is 1. The molecule has 0 radical (unpaired) electrons. The Morgan fingerprint density at radius 3 is 2.58 bits per heavy atom. The number of hydrogen-bond acceptors (Lipinski definition) is 4. The van der Waals surface area contributed by atoms with E-state index in [0.29, 0.717) is 6.54 Å². The Labute approximate surface area is 192 Å². The van der Waals surface area contributed by atoms with E-state index >= 15 is 0 Å². The minimum absolute atomic E-state index is 0.0181. The van der Waals surface area contributed by atoms with Gasteiger partial charge in [-0.05, 0) is 65.0 Å². The summed E-state index contributed by atoms with van der Waals surface area (Å²) in [5, 5.41) is 0. The van der Waals surface area contributed by atoms with E-state index in [-0.39, 0.29) is 30.2 Å². The molecule has 2 aliphatic rings. The highest BCUT2D eigenvalue weighted by molar-refractivity contribution is 9.10. The molecular weight excluding hydrogens is 456 g/mol. The average molecular weight is 485 g/mol.